The number of ether oxygens (including phenoxy) is 1. The zero-order valence-electron chi connectivity index (χ0n) is 15.2. The normalized spacial score (nSPS) is 16.6. The summed E-state index contributed by atoms with van der Waals surface area (Å²) in [6.07, 6.45) is 5.58. The summed E-state index contributed by atoms with van der Waals surface area (Å²) < 4.78 is 7.02. The molecule has 0 radical (unpaired) electrons. The van der Waals surface area contributed by atoms with E-state index in [2.05, 4.69) is 5.32 Å². The SMILES string of the molecule is COc1cccc2c(C)cc(=O)n([C@H](C)C(=O)NC3CCCCC3)c12. The quantitative estimate of drug-likeness (QED) is 0.927. The van der Waals surface area contributed by atoms with Gasteiger partial charge in [0.05, 0.1) is 12.6 Å². The summed E-state index contributed by atoms with van der Waals surface area (Å²) in [7, 11) is 1.58. The molecule has 1 aromatic carbocycles. The molecule has 0 saturated heterocycles. The molecule has 3 rings (SSSR count). The van der Waals surface area contributed by atoms with Crippen LogP contribution in [-0.2, 0) is 4.79 Å². The van der Waals surface area contributed by atoms with Crippen LogP contribution in [0.15, 0.2) is 29.1 Å². The molecule has 1 aliphatic rings. The van der Waals surface area contributed by atoms with Crippen molar-refractivity contribution in [3.63, 3.8) is 0 Å². The van der Waals surface area contributed by atoms with Crippen LogP contribution in [0.5, 0.6) is 5.75 Å². The van der Waals surface area contributed by atoms with Crippen LogP contribution in [-0.4, -0.2) is 23.6 Å². The Morgan fingerprint density at radius 2 is 2.00 bits per heavy atom. The number of rotatable bonds is 4. The number of carbonyl (C=O) groups is 1. The van der Waals surface area contributed by atoms with Gasteiger partial charge in [-0.1, -0.05) is 31.4 Å². The van der Waals surface area contributed by atoms with E-state index < -0.39 is 6.04 Å². The van der Waals surface area contributed by atoms with Crippen molar-refractivity contribution in [2.24, 2.45) is 0 Å². The lowest BCUT2D eigenvalue weighted by Crippen LogP contribution is -2.42. The maximum absolute atomic E-state index is 12.8. The molecule has 1 amide bonds. The molecule has 5 heteroatoms. The van der Waals surface area contributed by atoms with E-state index in [0.29, 0.717) is 11.3 Å². The second-order valence-electron chi connectivity index (χ2n) is 6.91. The highest BCUT2D eigenvalue weighted by Gasteiger charge is 2.24. The predicted octanol–water partition coefficient (Wildman–Crippen LogP) is 3.33. The molecular formula is C20H26N2O3. The fraction of sp³-hybridized carbons (Fsp3) is 0.500. The molecule has 5 nitrogen and oxygen atoms in total. The first-order valence-corrected chi connectivity index (χ1v) is 9.02. The first-order valence-electron chi connectivity index (χ1n) is 9.02. The van der Waals surface area contributed by atoms with Crippen LogP contribution in [0.1, 0.15) is 50.6 Å². The van der Waals surface area contributed by atoms with E-state index in [0.717, 1.165) is 36.6 Å². The maximum Gasteiger partial charge on any atom is 0.252 e. The number of nitrogens with zero attached hydrogens (tertiary/aromatic N) is 1. The molecule has 1 heterocycles. The van der Waals surface area contributed by atoms with Crippen LogP contribution in [0, 0.1) is 6.92 Å². The Bertz CT molecular complexity index is 835. The van der Waals surface area contributed by atoms with Gasteiger partial charge in [0.2, 0.25) is 5.91 Å². The van der Waals surface area contributed by atoms with Crippen molar-refractivity contribution in [1.82, 2.24) is 9.88 Å². The number of nitrogens with one attached hydrogen (secondary N) is 1. The van der Waals surface area contributed by atoms with Crippen LogP contribution in [0.4, 0.5) is 0 Å². The maximum atomic E-state index is 12.8. The molecule has 0 spiro atoms. The minimum atomic E-state index is -0.589. The Labute approximate surface area is 148 Å². The van der Waals surface area contributed by atoms with Crippen molar-refractivity contribution in [2.45, 2.75) is 58.0 Å². The van der Waals surface area contributed by atoms with Crippen molar-refractivity contribution in [1.29, 1.82) is 0 Å². The third kappa shape index (κ3) is 3.41. The lowest BCUT2D eigenvalue weighted by Gasteiger charge is -2.26. The monoisotopic (exact) mass is 342 g/mol. The van der Waals surface area contributed by atoms with Crippen LogP contribution in [0.25, 0.3) is 10.9 Å². The van der Waals surface area contributed by atoms with Gasteiger partial charge in [-0.05, 0) is 38.3 Å². The lowest BCUT2D eigenvalue weighted by atomic mass is 9.95. The summed E-state index contributed by atoms with van der Waals surface area (Å²) >= 11 is 0. The Hall–Kier alpha value is -2.30. The van der Waals surface area contributed by atoms with Gasteiger partial charge in [-0.15, -0.1) is 0 Å². The molecule has 134 valence electrons. The van der Waals surface area contributed by atoms with Crippen LogP contribution in [0.2, 0.25) is 0 Å². The number of hydrogen-bond acceptors (Lipinski definition) is 3. The molecule has 0 unspecified atom stereocenters. The zero-order chi connectivity index (χ0) is 18.0. The third-order valence-electron chi connectivity index (χ3n) is 5.18. The average molecular weight is 342 g/mol. The van der Waals surface area contributed by atoms with Gasteiger partial charge in [-0.25, -0.2) is 0 Å². The highest BCUT2D eigenvalue weighted by molar-refractivity contribution is 5.90. The lowest BCUT2D eigenvalue weighted by molar-refractivity contribution is -0.124. The van der Waals surface area contributed by atoms with Crippen molar-refractivity contribution < 1.29 is 9.53 Å². The van der Waals surface area contributed by atoms with E-state index in [4.69, 9.17) is 4.74 Å². The Morgan fingerprint density at radius 1 is 1.28 bits per heavy atom. The highest BCUT2D eigenvalue weighted by Crippen LogP contribution is 2.28. The van der Waals surface area contributed by atoms with Crippen LogP contribution >= 0.6 is 0 Å². The molecular weight excluding hydrogens is 316 g/mol. The topological polar surface area (TPSA) is 60.3 Å². The molecule has 1 fully saturated rings. The van der Waals surface area contributed by atoms with Gasteiger partial charge in [-0.3, -0.25) is 14.2 Å². The Kier molecular flexibility index (Phi) is 5.11. The molecule has 1 aliphatic carbocycles. The van der Waals surface area contributed by atoms with E-state index in [-0.39, 0.29) is 17.5 Å². The molecule has 1 aromatic heterocycles. The van der Waals surface area contributed by atoms with Crippen molar-refractivity contribution in [3.8, 4) is 5.75 Å². The van der Waals surface area contributed by atoms with E-state index in [9.17, 15) is 9.59 Å². The standard InChI is InChI=1S/C20H26N2O3/c1-13-12-18(23)22(19-16(13)10-7-11-17(19)25-3)14(2)20(24)21-15-8-5-4-6-9-15/h7,10-12,14-15H,4-6,8-9H2,1-3H3,(H,21,24)/t14-/m1/s1. The molecule has 1 saturated carbocycles. The van der Waals surface area contributed by atoms with E-state index in [1.54, 1.807) is 24.7 Å². The third-order valence-corrected chi connectivity index (χ3v) is 5.18. The van der Waals surface area contributed by atoms with Crippen LogP contribution < -0.4 is 15.6 Å². The molecule has 2 aromatic rings. The van der Waals surface area contributed by atoms with Crippen molar-refractivity contribution >= 4 is 16.8 Å². The Morgan fingerprint density at radius 3 is 2.68 bits per heavy atom. The number of fused-ring (bicyclic) bond motifs is 1. The summed E-state index contributed by atoms with van der Waals surface area (Å²) in [5, 5.41) is 4.05. The molecule has 1 atom stereocenters. The number of hydrogen-bond donors (Lipinski definition) is 1. The summed E-state index contributed by atoms with van der Waals surface area (Å²) in [6.45, 7) is 3.68. The van der Waals surface area contributed by atoms with Crippen LogP contribution in [0.3, 0.4) is 0 Å². The van der Waals surface area contributed by atoms with Gasteiger partial charge >= 0.3 is 0 Å². The number of para-hydroxylation sites is 1. The average Bonchev–Trinajstić information content (AvgIpc) is 2.62. The summed E-state index contributed by atoms with van der Waals surface area (Å²) in [6, 6.07) is 6.90. The molecule has 0 aliphatic heterocycles. The number of carbonyl (C=O) groups excluding carboxylic acids is 1. The van der Waals surface area contributed by atoms with E-state index >= 15 is 0 Å². The summed E-state index contributed by atoms with van der Waals surface area (Å²) in [4.78, 5) is 25.5. The number of aryl methyl sites for hydroxylation is 1. The second kappa shape index (κ2) is 7.30. The molecule has 25 heavy (non-hydrogen) atoms. The van der Waals surface area contributed by atoms with Gasteiger partial charge in [0.1, 0.15) is 11.8 Å². The predicted molar refractivity (Wildman–Crippen MR) is 99.2 cm³/mol. The smallest absolute Gasteiger partial charge is 0.252 e. The minimum Gasteiger partial charge on any atom is -0.495 e. The number of methoxy groups -OCH3 is 1. The fourth-order valence-corrected chi connectivity index (χ4v) is 3.77. The number of aromatic nitrogens is 1. The highest BCUT2D eigenvalue weighted by atomic mass is 16.5. The number of amides is 1. The zero-order valence-corrected chi connectivity index (χ0v) is 15.2. The largest absolute Gasteiger partial charge is 0.495 e. The van der Waals surface area contributed by atoms with Gasteiger partial charge in [-0.2, -0.15) is 0 Å². The first kappa shape index (κ1) is 17.5. The summed E-state index contributed by atoms with van der Waals surface area (Å²) in [5.41, 5.74) is 1.39. The van der Waals surface area contributed by atoms with E-state index in [1.165, 1.54) is 6.42 Å². The van der Waals surface area contributed by atoms with E-state index in [1.807, 2.05) is 25.1 Å². The van der Waals surface area contributed by atoms with Crippen molar-refractivity contribution in [2.75, 3.05) is 7.11 Å². The summed E-state index contributed by atoms with van der Waals surface area (Å²) in [5.74, 6) is 0.501. The minimum absolute atomic E-state index is 0.106. The second-order valence-corrected chi connectivity index (χ2v) is 6.91. The number of benzene rings is 1. The van der Waals surface area contributed by atoms with Gasteiger partial charge in [0, 0.05) is 17.5 Å². The van der Waals surface area contributed by atoms with Gasteiger partial charge in [0.15, 0.2) is 0 Å². The molecule has 0 bridgehead atoms. The Balaban J connectivity index is 2.01. The molecule has 1 N–H and O–H groups in total. The fourth-order valence-electron chi connectivity index (χ4n) is 3.77. The van der Waals surface area contributed by atoms with Gasteiger partial charge in [0.25, 0.3) is 5.56 Å². The first-order chi connectivity index (χ1) is 12.0. The van der Waals surface area contributed by atoms with Gasteiger partial charge < -0.3 is 10.1 Å². The number of pyridine rings is 1. The van der Waals surface area contributed by atoms with Crippen molar-refractivity contribution in [3.05, 3.63) is 40.2 Å².